The lowest BCUT2D eigenvalue weighted by Gasteiger charge is -2.35. The highest BCUT2D eigenvalue weighted by atomic mass is 32.1. The molecule has 0 aliphatic carbocycles. The van der Waals surface area contributed by atoms with Gasteiger partial charge in [-0.1, -0.05) is 24.3 Å². The first kappa shape index (κ1) is 15.1. The molecule has 2 aromatic heterocycles. The van der Waals surface area contributed by atoms with E-state index < -0.39 is 0 Å². The molecule has 0 radical (unpaired) electrons. The zero-order chi connectivity index (χ0) is 16.5. The zero-order valence-corrected chi connectivity index (χ0v) is 14.3. The second kappa shape index (κ2) is 6.20. The van der Waals surface area contributed by atoms with E-state index in [0.717, 1.165) is 40.1 Å². The second-order valence-electron chi connectivity index (χ2n) is 5.97. The van der Waals surface area contributed by atoms with E-state index >= 15 is 0 Å². The van der Waals surface area contributed by atoms with Crippen molar-refractivity contribution >= 4 is 33.8 Å². The van der Waals surface area contributed by atoms with Crippen LogP contribution in [0.4, 0.5) is 5.82 Å². The maximum absolute atomic E-state index is 12.6. The first-order valence-electron chi connectivity index (χ1n) is 8.03. The molecule has 3 aromatic rings. The Hall–Kier alpha value is -2.47. The van der Waals surface area contributed by atoms with Gasteiger partial charge in [0.15, 0.2) is 5.82 Å². The van der Waals surface area contributed by atoms with Gasteiger partial charge in [0.1, 0.15) is 0 Å². The highest BCUT2D eigenvalue weighted by Gasteiger charge is 2.25. The van der Waals surface area contributed by atoms with Gasteiger partial charge < -0.3 is 9.80 Å². The number of benzene rings is 1. The van der Waals surface area contributed by atoms with Crippen molar-refractivity contribution in [1.29, 1.82) is 0 Å². The van der Waals surface area contributed by atoms with E-state index in [9.17, 15) is 4.79 Å². The largest absolute Gasteiger partial charge is 0.351 e. The van der Waals surface area contributed by atoms with Crippen LogP contribution in [0.5, 0.6) is 0 Å². The molecular formula is C18H18N4OS. The third-order valence-corrected chi connectivity index (χ3v) is 5.48. The van der Waals surface area contributed by atoms with Gasteiger partial charge in [-0.15, -0.1) is 16.4 Å². The topological polar surface area (TPSA) is 49.3 Å². The lowest BCUT2D eigenvalue weighted by Crippen LogP contribution is -2.49. The summed E-state index contributed by atoms with van der Waals surface area (Å²) >= 11 is 1.52. The van der Waals surface area contributed by atoms with Crippen LogP contribution in [0.15, 0.2) is 41.9 Å². The summed E-state index contributed by atoms with van der Waals surface area (Å²) < 4.78 is 0. The normalized spacial score (nSPS) is 15.0. The van der Waals surface area contributed by atoms with Crippen molar-refractivity contribution in [2.75, 3.05) is 31.1 Å². The molecule has 24 heavy (non-hydrogen) atoms. The minimum Gasteiger partial charge on any atom is -0.351 e. The van der Waals surface area contributed by atoms with Crippen LogP contribution < -0.4 is 4.90 Å². The molecule has 5 nitrogen and oxygen atoms in total. The van der Waals surface area contributed by atoms with Crippen LogP contribution in [0.25, 0.3) is 10.8 Å². The SMILES string of the molecule is Cc1ccsc1C(=O)N1CCN(c2nncc3ccccc23)CC1. The number of thiophene rings is 1. The lowest BCUT2D eigenvalue weighted by atomic mass is 10.1. The molecule has 0 saturated carbocycles. The Bertz CT molecular complexity index is 878. The molecule has 0 N–H and O–H groups in total. The molecule has 1 aromatic carbocycles. The molecule has 122 valence electrons. The summed E-state index contributed by atoms with van der Waals surface area (Å²) in [6, 6.07) is 10.2. The molecule has 1 fully saturated rings. The van der Waals surface area contributed by atoms with E-state index in [1.807, 2.05) is 41.5 Å². The molecule has 4 rings (SSSR count). The van der Waals surface area contributed by atoms with Crippen molar-refractivity contribution in [1.82, 2.24) is 15.1 Å². The number of rotatable bonds is 2. The zero-order valence-electron chi connectivity index (χ0n) is 13.5. The fourth-order valence-corrected chi connectivity index (χ4v) is 4.00. The Labute approximate surface area is 144 Å². The summed E-state index contributed by atoms with van der Waals surface area (Å²) in [6.07, 6.45) is 1.79. The average Bonchev–Trinajstić information content (AvgIpc) is 3.07. The Kier molecular flexibility index (Phi) is 3.90. The number of carbonyl (C=O) groups is 1. The van der Waals surface area contributed by atoms with Crippen molar-refractivity contribution in [3.05, 3.63) is 52.3 Å². The number of fused-ring (bicyclic) bond motifs is 1. The van der Waals surface area contributed by atoms with Gasteiger partial charge in [-0.25, -0.2) is 0 Å². The molecule has 0 bridgehead atoms. The summed E-state index contributed by atoms with van der Waals surface area (Å²) in [6.45, 7) is 4.96. The number of amides is 1. The standard InChI is InChI=1S/C18H18N4OS/c1-13-6-11-24-16(13)18(23)22-9-7-21(8-10-22)17-15-5-3-2-4-14(15)12-19-20-17/h2-6,11-12H,7-10H2,1H3. The summed E-state index contributed by atoms with van der Waals surface area (Å²) in [4.78, 5) is 17.6. The van der Waals surface area contributed by atoms with Crippen LogP contribution in [0.3, 0.4) is 0 Å². The summed E-state index contributed by atoms with van der Waals surface area (Å²) in [5.41, 5.74) is 1.06. The minimum atomic E-state index is 0.145. The van der Waals surface area contributed by atoms with Crippen molar-refractivity contribution in [3.63, 3.8) is 0 Å². The minimum absolute atomic E-state index is 0.145. The third-order valence-electron chi connectivity index (χ3n) is 4.47. The number of aryl methyl sites for hydroxylation is 1. The van der Waals surface area contributed by atoms with Crippen molar-refractivity contribution in [2.24, 2.45) is 0 Å². The second-order valence-corrected chi connectivity index (χ2v) is 6.88. The number of piperazine rings is 1. The van der Waals surface area contributed by atoms with E-state index in [1.165, 1.54) is 11.3 Å². The summed E-state index contributed by atoms with van der Waals surface area (Å²) in [5, 5.41) is 12.6. The lowest BCUT2D eigenvalue weighted by molar-refractivity contribution is 0.0751. The van der Waals surface area contributed by atoms with E-state index in [0.29, 0.717) is 13.1 Å². The number of carbonyl (C=O) groups excluding carboxylic acids is 1. The van der Waals surface area contributed by atoms with Gasteiger partial charge in [-0.2, -0.15) is 5.10 Å². The smallest absolute Gasteiger partial charge is 0.264 e. The predicted molar refractivity (Wildman–Crippen MR) is 96.7 cm³/mol. The molecule has 6 heteroatoms. The van der Waals surface area contributed by atoms with Gasteiger partial charge in [0.05, 0.1) is 11.1 Å². The average molecular weight is 338 g/mol. The number of anilines is 1. The first-order chi connectivity index (χ1) is 11.7. The van der Waals surface area contributed by atoms with Crippen LogP contribution >= 0.6 is 11.3 Å². The monoisotopic (exact) mass is 338 g/mol. The maximum Gasteiger partial charge on any atom is 0.264 e. The molecule has 1 amide bonds. The summed E-state index contributed by atoms with van der Waals surface area (Å²) in [7, 11) is 0. The van der Waals surface area contributed by atoms with Crippen LogP contribution in [0.1, 0.15) is 15.2 Å². The van der Waals surface area contributed by atoms with E-state index in [4.69, 9.17) is 0 Å². The predicted octanol–water partition coefficient (Wildman–Crippen LogP) is 2.96. The van der Waals surface area contributed by atoms with Crippen molar-refractivity contribution in [3.8, 4) is 0 Å². The first-order valence-corrected chi connectivity index (χ1v) is 8.91. The summed E-state index contributed by atoms with van der Waals surface area (Å²) in [5.74, 6) is 1.05. The Morgan fingerprint density at radius 1 is 1.12 bits per heavy atom. The molecule has 0 spiro atoms. The van der Waals surface area contributed by atoms with E-state index in [-0.39, 0.29) is 5.91 Å². The van der Waals surface area contributed by atoms with Gasteiger partial charge in [-0.3, -0.25) is 4.79 Å². The quantitative estimate of drug-likeness (QED) is 0.721. The highest BCUT2D eigenvalue weighted by Crippen LogP contribution is 2.25. The third kappa shape index (κ3) is 2.63. The van der Waals surface area contributed by atoms with Crippen LogP contribution in [0.2, 0.25) is 0 Å². The Morgan fingerprint density at radius 2 is 1.92 bits per heavy atom. The molecule has 1 aliphatic rings. The van der Waals surface area contributed by atoms with Gasteiger partial charge in [0.2, 0.25) is 0 Å². The Morgan fingerprint density at radius 3 is 2.67 bits per heavy atom. The molecule has 1 aliphatic heterocycles. The van der Waals surface area contributed by atoms with Gasteiger partial charge in [-0.05, 0) is 23.9 Å². The van der Waals surface area contributed by atoms with Crippen molar-refractivity contribution in [2.45, 2.75) is 6.92 Å². The van der Waals surface area contributed by atoms with Crippen LogP contribution in [-0.4, -0.2) is 47.2 Å². The molecular weight excluding hydrogens is 320 g/mol. The fraction of sp³-hybridized carbons (Fsp3) is 0.278. The van der Waals surface area contributed by atoms with E-state index in [1.54, 1.807) is 6.20 Å². The van der Waals surface area contributed by atoms with E-state index in [2.05, 4.69) is 21.2 Å². The van der Waals surface area contributed by atoms with Crippen LogP contribution in [0, 0.1) is 6.92 Å². The van der Waals surface area contributed by atoms with Crippen LogP contribution in [-0.2, 0) is 0 Å². The van der Waals surface area contributed by atoms with Gasteiger partial charge in [0.25, 0.3) is 5.91 Å². The number of hydrogen-bond donors (Lipinski definition) is 0. The molecule has 1 saturated heterocycles. The van der Waals surface area contributed by atoms with Crippen molar-refractivity contribution < 1.29 is 4.79 Å². The number of aromatic nitrogens is 2. The molecule has 0 unspecified atom stereocenters. The maximum atomic E-state index is 12.6. The number of nitrogens with zero attached hydrogens (tertiary/aromatic N) is 4. The highest BCUT2D eigenvalue weighted by molar-refractivity contribution is 7.12. The Balaban J connectivity index is 1.52. The molecule has 0 atom stereocenters. The van der Waals surface area contributed by atoms with Gasteiger partial charge >= 0.3 is 0 Å². The molecule has 3 heterocycles. The number of hydrogen-bond acceptors (Lipinski definition) is 5. The fourth-order valence-electron chi connectivity index (χ4n) is 3.10. The van der Waals surface area contributed by atoms with Gasteiger partial charge in [0, 0.05) is 37.0 Å².